The quantitative estimate of drug-likeness (QED) is 0.206. The van der Waals surface area contributed by atoms with Crippen molar-refractivity contribution < 1.29 is 32.2 Å². The highest BCUT2D eigenvalue weighted by Crippen LogP contribution is 2.27. The molecule has 3 rings (SSSR count). The molecule has 212 valence electrons. The van der Waals surface area contributed by atoms with Gasteiger partial charge in [-0.3, -0.25) is 9.10 Å². The highest BCUT2D eigenvalue weighted by Gasteiger charge is 2.29. The summed E-state index contributed by atoms with van der Waals surface area (Å²) in [5.41, 5.74) is 2.73. The molecular formula is C29H33N3O7S. The lowest BCUT2D eigenvalue weighted by atomic mass is 10.2. The highest BCUT2D eigenvalue weighted by atomic mass is 32.2. The number of hydrogen-bond donors (Lipinski definition) is 1. The molecule has 0 aliphatic rings. The van der Waals surface area contributed by atoms with E-state index in [0.717, 1.165) is 10.6 Å². The number of hydrazone groups is 1. The third-order valence-corrected chi connectivity index (χ3v) is 6.45. The second-order valence-corrected chi connectivity index (χ2v) is 11.7. The zero-order chi connectivity index (χ0) is 29.3. The fourth-order valence-electron chi connectivity index (χ4n) is 3.52. The molecular weight excluding hydrogens is 534 g/mol. The zero-order valence-corrected chi connectivity index (χ0v) is 23.8. The fraction of sp³-hybridized carbons (Fsp3) is 0.276. The van der Waals surface area contributed by atoms with Crippen LogP contribution in [0, 0.1) is 0 Å². The molecule has 0 heterocycles. The van der Waals surface area contributed by atoms with Crippen LogP contribution in [-0.2, 0) is 24.3 Å². The van der Waals surface area contributed by atoms with E-state index in [1.54, 1.807) is 81.4 Å². The first-order chi connectivity index (χ1) is 18.8. The van der Waals surface area contributed by atoms with E-state index in [-0.39, 0.29) is 6.61 Å². The number of hydrogen-bond acceptors (Lipinski definition) is 8. The number of anilines is 1. The molecule has 0 aliphatic carbocycles. The smallest absolute Gasteiger partial charge is 0.344 e. The predicted octanol–water partition coefficient (Wildman–Crippen LogP) is 4.50. The van der Waals surface area contributed by atoms with Crippen LogP contribution in [0.1, 0.15) is 33.3 Å². The van der Waals surface area contributed by atoms with Gasteiger partial charge in [-0.15, -0.1) is 0 Å². The van der Waals surface area contributed by atoms with Crippen molar-refractivity contribution in [3.8, 4) is 17.2 Å². The van der Waals surface area contributed by atoms with Crippen molar-refractivity contribution in [2.75, 3.05) is 17.2 Å². The molecule has 0 saturated heterocycles. The first kappa shape index (κ1) is 30.2. The van der Waals surface area contributed by atoms with Crippen LogP contribution in [0.3, 0.4) is 0 Å². The van der Waals surface area contributed by atoms with E-state index >= 15 is 0 Å². The van der Waals surface area contributed by atoms with Crippen molar-refractivity contribution >= 4 is 33.8 Å². The minimum atomic E-state index is -3.80. The molecule has 0 aromatic heterocycles. The van der Waals surface area contributed by atoms with Crippen LogP contribution < -0.4 is 19.2 Å². The Labute approximate surface area is 234 Å². The van der Waals surface area contributed by atoms with Gasteiger partial charge >= 0.3 is 5.97 Å². The molecule has 0 fully saturated rings. The number of nitrogens with zero attached hydrogens (tertiary/aromatic N) is 2. The van der Waals surface area contributed by atoms with Crippen LogP contribution in [0.25, 0.3) is 0 Å². The second-order valence-electron chi connectivity index (χ2n) is 9.82. The van der Waals surface area contributed by atoms with Crippen molar-refractivity contribution in [3.05, 3.63) is 84.4 Å². The molecule has 11 heteroatoms. The number of para-hydroxylation sites is 1. The number of carbonyl (C=O) groups excluding carboxylic acids is 2. The Hall–Kier alpha value is -4.38. The van der Waals surface area contributed by atoms with E-state index in [1.807, 2.05) is 18.2 Å². The number of ether oxygens (including phenoxy) is 3. The third-order valence-electron chi connectivity index (χ3n) is 5.20. The summed E-state index contributed by atoms with van der Waals surface area (Å²) >= 11 is 0. The second kappa shape index (κ2) is 13.1. The molecule has 40 heavy (non-hydrogen) atoms. The van der Waals surface area contributed by atoms with Crippen molar-refractivity contribution in [2.45, 2.75) is 39.3 Å². The van der Waals surface area contributed by atoms with Gasteiger partial charge < -0.3 is 14.2 Å². The summed E-state index contributed by atoms with van der Waals surface area (Å²) in [6.45, 7) is 6.57. The van der Waals surface area contributed by atoms with Gasteiger partial charge in [-0.25, -0.2) is 18.6 Å². The van der Waals surface area contributed by atoms with Crippen LogP contribution in [0.15, 0.2) is 84.0 Å². The van der Waals surface area contributed by atoms with E-state index in [2.05, 4.69) is 10.5 Å². The van der Waals surface area contributed by atoms with Gasteiger partial charge in [0.25, 0.3) is 5.91 Å². The summed E-state index contributed by atoms with van der Waals surface area (Å²) in [4.78, 5) is 24.6. The maximum atomic E-state index is 12.8. The molecule has 0 bridgehead atoms. The summed E-state index contributed by atoms with van der Waals surface area (Å²) in [7, 11) is -3.80. The van der Waals surface area contributed by atoms with Gasteiger partial charge in [0.15, 0.2) is 6.61 Å². The molecule has 3 aromatic rings. The maximum Gasteiger partial charge on any atom is 0.344 e. The fourth-order valence-corrected chi connectivity index (χ4v) is 4.70. The molecule has 0 radical (unpaired) electrons. The topological polar surface area (TPSA) is 124 Å². The number of carbonyl (C=O) groups is 2. The molecule has 1 amide bonds. The molecule has 1 N–H and O–H groups in total. The first-order valence-electron chi connectivity index (χ1n) is 12.4. The van der Waals surface area contributed by atoms with Gasteiger partial charge in [0.05, 0.1) is 18.2 Å². The average molecular weight is 568 g/mol. The summed E-state index contributed by atoms with van der Waals surface area (Å²) < 4.78 is 42.6. The third kappa shape index (κ3) is 9.42. The van der Waals surface area contributed by atoms with Crippen molar-refractivity contribution in [1.29, 1.82) is 0 Å². The SMILES string of the molecule is C[C@H](C(=O)N/N=C\c1ccc(OCC(=O)OC(C)(C)C)cc1)N(c1ccc(Oc2ccccc2)cc1)S(C)(=O)=O. The van der Waals surface area contributed by atoms with Crippen molar-refractivity contribution in [1.82, 2.24) is 5.43 Å². The van der Waals surface area contributed by atoms with E-state index in [9.17, 15) is 18.0 Å². The standard InChI is InChI=1S/C29H33N3O7S/c1-21(32(40(5,35)36)23-13-17-26(18-14-23)38-25-9-7-6-8-10-25)28(34)31-30-19-22-11-15-24(16-12-22)37-20-27(33)39-29(2,3)4/h6-19,21H,20H2,1-5H3,(H,31,34)/b30-19-/t21-/m1/s1. The average Bonchev–Trinajstić information content (AvgIpc) is 2.88. The van der Waals surface area contributed by atoms with E-state index < -0.39 is 33.5 Å². The summed E-state index contributed by atoms with van der Waals surface area (Å²) in [6.07, 6.45) is 2.43. The Balaban J connectivity index is 1.59. The van der Waals surface area contributed by atoms with Crippen molar-refractivity contribution in [3.63, 3.8) is 0 Å². The Morgan fingerprint density at radius 1 is 0.925 bits per heavy atom. The Bertz CT molecular complexity index is 1420. The summed E-state index contributed by atoms with van der Waals surface area (Å²) in [5, 5.41) is 3.94. The molecule has 3 aromatic carbocycles. The predicted molar refractivity (Wildman–Crippen MR) is 153 cm³/mol. The molecule has 0 saturated carbocycles. The first-order valence-corrected chi connectivity index (χ1v) is 14.3. The molecule has 0 unspecified atom stereocenters. The zero-order valence-electron chi connectivity index (χ0n) is 23.0. The number of nitrogens with one attached hydrogen (secondary N) is 1. The van der Waals surface area contributed by atoms with Gasteiger partial charge in [0.1, 0.15) is 28.9 Å². The van der Waals surface area contributed by atoms with E-state index in [4.69, 9.17) is 14.2 Å². The van der Waals surface area contributed by atoms with Gasteiger partial charge in [-0.2, -0.15) is 5.10 Å². The number of benzene rings is 3. The molecule has 0 spiro atoms. The summed E-state index contributed by atoms with van der Waals surface area (Å²) in [6, 6.07) is 21.1. The number of esters is 1. The van der Waals surface area contributed by atoms with E-state index in [0.29, 0.717) is 28.5 Å². The molecule has 10 nitrogen and oxygen atoms in total. The van der Waals surface area contributed by atoms with Crippen LogP contribution >= 0.6 is 0 Å². The van der Waals surface area contributed by atoms with E-state index in [1.165, 1.54) is 13.1 Å². The van der Waals surface area contributed by atoms with Gasteiger partial charge in [-0.1, -0.05) is 18.2 Å². The summed E-state index contributed by atoms with van der Waals surface area (Å²) in [5.74, 6) is 0.526. The van der Waals surface area contributed by atoms with Crippen LogP contribution in [0.2, 0.25) is 0 Å². The van der Waals surface area contributed by atoms with Gasteiger partial charge in [-0.05, 0) is 93.9 Å². The highest BCUT2D eigenvalue weighted by molar-refractivity contribution is 7.92. The largest absolute Gasteiger partial charge is 0.482 e. The number of rotatable bonds is 11. The molecule has 0 aliphatic heterocycles. The Kier molecular flexibility index (Phi) is 9.89. The Morgan fingerprint density at radius 3 is 2.08 bits per heavy atom. The number of sulfonamides is 1. The van der Waals surface area contributed by atoms with Crippen LogP contribution in [-0.4, -0.2) is 51.0 Å². The van der Waals surface area contributed by atoms with Gasteiger partial charge in [0.2, 0.25) is 10.0 Å². The minimum absolute atomic E-state index is 0.224. The monoisotopic (exact) mass is 567 g/mol. The number of amides is 1. The molecule has 1 atom stereocenters. The van der Waals surface area contributed by atoms with Crippen molar-refractivity contribution in [2.24, 2.45) is 5.10 Å². The lowest BCUT2D eigenvalue weighted by Gasteiger charge is -2.27. The minimum Gasteiger partial charge on any atom is -0.482 e. The maximum absolute atomic E-state index is 12.8. The van der Waals surface area contributed by atoms with Gasteiger partial charge in [0, 0.05) is 0 Å². The lowest BCUT2D eigenvalue weighted by Crippen LogP contribution is -2.46. The van der Waals surface area contributed by atoms with Crippen LogP contribution in [0.4, 0.5) is 5.69 Å². The normalized spacial score (nSPS) is 12.4. The lowest BCUT2D eigenvalue weighted by molar-refractivity contribution is -0.157. The Morgan fingerprint density at radius 2 is 1.50 bits per heavy atom. The van der Waals surface area contributed by atoms with Crippen LogP contribution in [0.5, 0.6) is 17.2 Å².